The molecule has 1 aliphatic heterocycles. The first-order chi connectivity index (χ1) is 8.59. The lowest BCUT2D eigenvalue weighted by molar-refractivity contribution is -0.157. The molecule has 0 spiro atoms. The van der Waals surface area contributed by atoms with Gasteiger partial charge in [0, 0.05) is 11.1 Å². The van der Waals surface area contributed by atoms with Crippen LogP contribution in [-0.4, -0.2) is 18.7 Å². The molecule has 0 amide bonds. The van der Waals surface area contributed by atoms with E-state index in [1.165, 1.54) is 0 Å². The summed E-state index contributed by atoms with van der Waals surface area (Å²) < 4.78 is 11.7. The Labute approximate surface area is 116 Å². The van der Waals surface area contributed by atoms with Crippen molar-refractivity contribution in [3.63, 3.8) is 0 Å². The van der Waals surface area contributed by atoms with E-state index in [1.54, 1.807) is 0 Å². The van der Waals surface area contributed by atoms with Crippen molar-refractivity contribution in [2.45, 2.75) is 33.0 Å². The summed E-state index contributed by atoms with van der Waals surface area (Å²) in [4.78, 5) is 11.9. The Morgan fingerprint density at radius 1 is 1.56 bits per heavy atom. The Balaban J connectivity index is 1.95. The van der Waals surface area contributed by atoms with Crippen LogP contribution in [0.25, 0.3) is 0 Å². The summed E-state index contributed by atoms with van der Waals surface area (Å²) in [6, 6.07) is 5.88. The number of carbonyl (C=O) groups is 1. The number of benzene rings is 1. The normalized spacial score (nSPS) is 23.1. The third-order valence-electron chi connectivity index (χ3n) is 3.37. The van der Waals surface area contributed by atoms with Gasteiger partial charge in [0.25, 0.3) is 0 Å². The highest BCUT2D eigenvalue weighted by atomic mass is 79.9. The lowest BCUT2D eigenvalue weighted by Gasteiger charge is -2.14. The molecule has 2 atom stereocenters. The monoisotopic (exact) mass is 312 g/mol. The van der Waals surface area contributed by atoms with Crippen LogP contribution in [0.2, 0.25) is 0 Å². The number of halogens is 1. The molecule has 0 radical (unpaired) electrons. The zero-order valence-corrected chi connectivity index (χ0v) is 12.2. The van der Waals surface area contributed by atoms with E-state index in [2.05, 4.69) is 15.9 Å². The lowest BCUT2D eigenvalue weighted by atomic mass is 10.0. The van der Waals surface area contributed by atoms with E-state index in [1.807, 2.05) is 32.0 Å². The summed E-state index contributed by atoms with van der Waals surface area (Å²) in [6.07, 6.45) is 0.535. The highest BCUT2D eigenvalue weighted by Gasteiger charge is 2.32. The van der Waals surface area contributed by atoms with E-state index >= 15 is 0 Å². The molecular formula is C14H17BrO3. The van der Waals surface area contributed by atoms with Gasteiger partial charge < -0.3 is 9.47 Å². The maximum Gasteiger partial charge on any atom is 0.335 e. The SMILES string of the molecule is Cc1c(Br)cccc1COC(=O)[C@H]1OCC[C@H]1C. The Morgan fingerprint density at radius 2 is 2.33 bits per heavy atom. The lowest BCUT2D eigenvalue weighted by Crippen LogP contribution is -2.27. The van der Waals surface area contributed by atoms with Crippen molar-refractivity contribution in [1.82, 2.24) is 0 Å². The summed E-state index contributed by atoms with van der Waals surface area (Å²) in [5, 5.41) is 0. The molecule has 4 heteroatoms. The second-order valence-electron chi connectivity index (χ2n) is 4.69. The molecule has 0 unspecified atom stereocenters. The first-order valence-electron chi connectivity index (χ1n) is 6.12. The van der Waals surface area contributed by atoms with Crippen molar-refractivity contribution < 1.29 is 14.3 Å². The molecule has 1 heterocycles. The maximum absolute atomic E-state index is 11.9. The van der Waals surface area contributed by atoms with Gasteiger partial charge >= 0.3 is 5.97 Å². The van der Waals surface area contributed by atoms with E-state index < -0.39 is 6.10 Å². The van der Waals surface area contributed by atoms with Crippen molar-refractivity contribution in [3.8, 4) is 0 Å². The zero-order chi connectivity index (χ0) is 13.1. The molecule has 1 aromatic rings. The van der Waals surface area contributed by atoms with Crippen LogP contribution in [-0.2, 0) is 20.9 Å². The molecule has 0 bridgehead atoms. The third-order valence-corrected chi connectivity index (χ3v) is 4.23. The van der Waals surface area contributed by atoms with Gasteiger partial charge in [0.2, 0.25) is 0 Å². The van der Waals surface area contributed by atoms with Gasteiger partial charge in [0.15, 0.2) is 6.10 Å². The first-order valence-corrected chi connectivity index (χ1v) is 6.91. The molecule has 1 aliphatic rings. The molecule has 2 rings (SSSR count). The number of hydrogen-bond acceptors (Lipinski definition) is 3. The summed E-state index contributed by atoms with van der Waals surface area (Å²) >= 11 is 3.46. The third kappa shape index (κ3) is 2.93. The van der Waals surface area contributed by atoms with Gasteiger partial charge in [-0.1, -0.05) is 35.0 Å². The van der Waals surface area contributed by atoms with Crippen molar-refractivity contribution in [2.24, 2.45) is 5.92 Å². The van der Waals surface area contributed by atoms with Gasteiger partial charge in [0.05, 0.1) is 0 Å². The molecule has 0 aliphatic carbocycles. The van der Waals surface area contributed by atoms with E-state index in [-0.39, 0.29) is 11.9 Å². The molecule has 0 aromatic heterocycles. The van der Waals surface area contributed by atoms with Gasteiger partial charge in [0.1, 0.15) is 6.61 Å². The van der Waals surface area contributed by atoms with Crippen LogP contribution in [0.15, 0.2) is 22.7 Å². The Bertz CT molecular complexity index is 445. The Morgan fingerprint density at radius 3 is 3.00 bits per heavy atom. The highest BCUT2D eigenvalue weighted by molar-refractivity contribution is 9.10. The smallest absolute Gasteiger partial charge is 0.335 e. The number of esters is 1. The van der Waals surface area contributed by atoms with Crippen molar-refractivity contribution >= 4 is 21.9 Å². The number of ether oxygens (including phenoxy) is 2. The predicted octanol–water partition coefficient (Wildman–Crippen LogP) is 3.23. The number of rotatable bonds is 3. The minimum absolute atomic E-state index is 0.251. The standard InChI is InChI=1S/C14H17BrO3/c1-9-6-7-17-13(9)14(16)18-8-11-4-3-5-12(15)10(11)2/h3-5,9,13H,6-8H2,1-2H3/t9-,13+/m1/s1. The van der Waals surface area contributed by atoms with Crippen molar-refractivity contribution in [1.29, 1.82) is 0 Å². The fraction of sp³-hybridized carbons (Fsp3) is 0.500. The topological polar surface area (TPSA) is 35.5 Å². The molecule has 0 N–H and O–H groups in total. The molecule has 3 nitrogen and oxygen atoms in total. The van der Waals surface area contributed by atoms with Gasteiger partial charge in [-0.25, -0.2) is 4.79 Å². The van der Waals surface area contributed by atoms with Gasteiger partial charge in [-0.3, -0.25) is 0 Å². The summed E-state index contributed by atoms with van der Waals surface area (Å²) in [5.74, 6) is 0.000446. The first kappa shape index (κ1) is 13.6. The average Bonchev–Trinajstić information content (AvgIpc) is 2.77. The minimum atomic E-state index is -0.391. The van der Waals surface area contributed by atoms with Crippen LogP contribution >= 0.6 is 15.9 Å². The Kier molecular flexibility index (Phi) is 4.40. The largest absolute Gasteiger partial charge is 0.459 e. The van der Waals surface area contributed by atoms with Gasteiger partial charge in [-0.05, 0) is 36.5 Å². The van der Waals surface area contributed by atoms with E-state index in [4.69, 9.17) is 9.47 Å². The summed E-state index contributed by atoms with van der Waals surface area (Å²) in [5.41, 5.74) is 2.12. The van der Waals surface area contributed by atoms with Crippen molar-refractivity contribution in [2.75, 3.05) is 6.61 Å². The molecular weight excluding hydrogens is 296 g/mol. The molecule has 18 heavy (non-hydrogen) atoms. The molecule has 1 saturated heterocycles. The van der Waals surface area contributed by atoms with Crippen LogP contribution in [0.5, 0.6) is 0 Å². The van der Waals surface area contributed by atoms with E-state index in [9.17, 15) is 4.79 Å². The summed E-state index contributed by atoms with van der Waals surface area (Å²) in [6.45, 7) is 4.97. The second-order valence-corrected chi connectivity index (χ2v) is 5.54. The second kappa shape index (κ2) is 5.85. The predicted molar refractivity (Wildman–Crippen MR) is 72.2 cm³/mol. The minimum Gasteiger partial charge on any atom is -0.459 e. The number of hydrogen-bond donors (Lipinski definition) is 0. The maximum atomic E-state index is 11.9. The Hall–Kier alpha value is -0.870. The van der Waals surface area contributed by atoms with Crippen LogP contribution < -0.4 is 0 Å². The molecule has 1 aromatic carbocycles. The van der Waals surface area contributed by atoms with E-state index in [0.717, 1.165) is 22.0 Å². The van der Waals surface area contributed by atoms with Crippen LogP contribution in [0.3, 0.4) is 0 Å². The zero-order valence-electron chi connectivity index (χ0n) is 10.6. The number of carbonyl (C=O) groups excluding carboxylic acids is 1. The quantitative estimate of drug-likeness (QED) is 0.804. The highest BCUT2D eigenvalue weighted by Crippen LogP contribution is 2.23. The average molecular weight is 313 g/mol. The fourth-order valence-electron chi connectivity index (χ4n) is 2.04. The van der Waals surface area contributed by atoms with Gasteiger partial charge in [-0.15, -0.1) is 0 Å². The van der Waals surface area contributed by atoms with Crippen molar-refractivity contribution in [3.05, 3.63) is 33.8 Å². The van der Waals surface area contributed by atoms with Crippen LogP contribution in [0, 0.1) is 12.8 Å². The molecule has 1 fully saturated rings. The molecule has 0 saturated carbocycles. The van der Waals surface area contributed by atoms with E-state index in [0.29, 0.717) is 13.2 Å². The molecule has 98 valence electrons. The fourth-order valence-corrected chi connectivity index (χ4v) is 2.44. The van der Waals surface area contributed by atoms with Crippen LogP contribution in [0.4, 0.5) is 0 Å². The summed E-state index contributed by atoms with van der Waals surface area (Å²) in [7, 11) is 0. The van der Waals surface area contributed by atoms with Gasteiger partial charge in [-0.2, -0.15) is 0 Å². The van der Waals surface area contributed by atoms with Crippen LogP contribution in [0.1, 0.15) is 24.5 Å².